The number of amides is 1. The summed E-state index contributed by atoms with van der Waals surface area (Å²) in [6.45, 7) is 6.26. The van der Waals surface area contributed by atoms with E-state index in [2.05, 4.69) is 43.4 Å². The average Bonchev–Trinajstić information content (AvgIpc) is 2.51. The van der Waals surface area contributed by atoms with E-state index < -0.39 is 6.04 Å². The number of unbranched alkanes of at least 4 members (excludes halogenated alkanes) is 1. The second kappa shape index (κ2) is 9.56. The average molecular weight is 290 g/mol. The molecule has 0 radical (unpaired) electrons. The Hall–Kier alpha value is -1.35. The molecule has 0 aliphatic carbocycles. The summed E-state index contributed by atoms with van der Waals surface area (Å²) in [5.41, 5.74) is 8.59. The van der Waals surface area contributed by atoms with E-state index in [9.17, 15) is 4.79 Å². The Labute approximate surface area is 129 Å². The van der Waals surface area contributed by atoms with Crippen molar-refractivity contribution in [2.45, 2.75) is 71.4 Å². The fraction of sp³-hybridized carbons (Fsp3) is 0.611. The van der Waals surface area contributed by atoms with Gasteiger partial charge in [0.2, 0.25) is 5.91 Å². The van der Waals surface area contributed by atoms with Crippen molar-refractivity contribution in [3.8, 4) is 0 Å². The fourth-order valence-electron chi connectivity index (χ4n) is 2.16. The Morgan fingerprint density at radius 1 is 1.14 bits per heavy atom. The van der Waals surface area contributed by atoms with Gasteiger partial charge in [0.15, 0.2) is 0 Å². The molecular formula is C18H30N2O. The van der Waals surface area contributed by atoms with Gasteiger partial charge in [0.05, 0.1) is 6.04 Å². The van der Waals surface area contributed by atoms with Gasteiger partial charge in [-0.25, -0.2) is 0 Å². The van der Waals surface area contributed by atoms with E-state index in [4.69, 9.17) is 5.73 Å². The van der Waals surface area contributed by atoms with Crippen LogP contribution in [0, 0.1) is 0 Å². The van der Waals surface area contributed by atoms with E-state index in [0.29, 0.717) is 6.42 Å². The van der Waals surface area contributed by atoms with Crippen LogP contribution in [0.3, 0.4) is 0 Å². The Balaban J connectivity index is 2.38. The first kappa shape index (κ1) is 17.7. The maximum atomic E-state index is 11.9. The summed E-state index contributed by atoms with van der Waals surface area (Å²) >= 11 is 0. The third kappa shape index (κ3) is 6.76. The van der Waals surface area contributed by atoms with Crippen molar-refractivity contribution >= 4 is 5.91 Å². The molecule has 1 aromatic carbocycles. The molecule has 0 saturated carbocycles. The van der Waals surface area contributed by atoms with Gasteiger partial charge in [-0.1, -0.05) is 44.5 Å². The molecule has 0 aliphatic heterocycles. The van der Waals surface area contributed by atoms with Crippen LogP contribution in [0.25, 0.3) is 0 Å². The normalized spacial score (nSPS) is 13.7. The summed E-state index contributed by atoms with van der Waals surface area (Å²) in [5.74, 6) is -0.0380. The van der Waals surface area contributed by atoms with Crippen LogP contribution in [0.4, 0.5) is 0 Å². The zero-order chi connectivity index (χ0) is 15.7. The minimum atomic E-state index is -0.418. The number of carbonyl (C=O) groups excluding carboxylic acids is 1. The summed E-state index contributed by atoms with van der Waals surface area (Å²) in [4.78, 5) is 11.9. The third-order valence-electron chi connectivity index (χ3n) is 3.92. The van der Waals surface area contributed by atoms with Crippen molar-refractivity contribution in [1.82, 2.24) is 5.32 Å². The van der Waals surface area contributed by atoms with Gasteiger partial charge < -0.3 is 11.1 Å². The van der Waals surface area contributed by atoms with Gasteiger partial charge in [-0.15, -0.1) is 0 Å². The molecule has 0 spiro atoms. The monoisotopic (exact) mass is 290 g/mol. The highest BCUT2D eigenvalue weighted by atomic mass is 16.2. The molecule has 0 bridgehead atoms. The van der Waals surface area contributed by atoms with Crippen LogP contribution in [0.15, 0.2) is 24.3 Å². The Morgan fingerprint density at radius 3 is 2.24 bits per heavy atom. The lowest BCUT2D eigenvalue weighted by atomic mass is 10.0. The molecule has 0 saturated heterocycles. The van der Waals surface area contributed by atoms with Crippen LogP contribution in [0.5, 0.6) is 0 Å². The molecule has 1 amide bonds. The largest absolute Gasteiger partial charge is 0.352 e. The number of rotatable bonds is 9. The molecule has 3 N–H and O–H groups in total. The molecule has 0 aliphatic rings. The van der Waals surface area contributed by atoms with Crippen LogP contribution in [-0.2, 0) is 17.6 Å². The van der Waals surface area contributed by atoms with E-state index in [1.54, 1.807) is 0 Å². The molecule has 3 nitrogen and oxygen atoms in total. The maximum absolute atomic E-state index is 11.9. The van der Waals surface area contributed by atoms with Gasteiger partial charge in [0.1, 0.15) is 0 Å². The first-order chi connectivity index (χ1) is 10.1. The van der Waals surface area contributed by atoms with Crippen molar-refractivity contribution in [2.24, 2.45) is 5.73 Å². The Kier molecular flexibility index (Phi) is 8.06. The SMILES string of the molecule is CCCCc1ccc(CCC(N)C(=O)NC(C)CC)cc1. The number of aryl methyl sites for hydroxylation is 2. The topological polar surface area (TPSA) is 55.1 Å². The van der Waals surface area contributed by atoms with Crippen molar-refractivity contribution in [2.75, 3.05) is 0 Å². The van der Waals surface area contributed by atoms with Crippen LogP contribution in [0.2, 0.25) is 0 Å². The lowest BCUT2D eigenvalue weighted by Crippen LogP contribution is -2.44. The Bertz CT molecular complexity index is 414. The summed E-state index contributed by atoms with van der Waals surface area (Å²) in [6.07, 6.45) is 6.08. The number of carbonyl (C=O) groups is 1. The summed E-state index contributed by atoms with van der Waals surface area (Å²) in [6, 6.07) is 8.47. The third-order valence-corrected chi connectivity index (χ3v) is 3.92. The minimum absolute atomic E-state index is 0.0380. The number of hydrogen-bond donors (Lipinski definition) is 2. The van der Waals surface area contributed by atoms with Crippen molar-refractivity contribution < 1.29 is 4.79 Å². The van der Waals surface area contributed by atoms with Crippen LogP contribution >= 0.6 is 0 Å². The fourth-order valence-corrected chi connectivity index (χ4v) is 2.16. The molecule has 0 heterocycles. The van der Waals surface area contributed by atoms with Gasteiger partial charge in [0, 0.05) is 6.04 Å². The van der Waals surface area contributed by atoms with Crippen LogP contribution in [-0.4, -0.2) is 18.0 Å². The van der Waals surface area contributed by atoms with Crippen LogP contribution in [0.1, 0.15) is 57.6 Å². The molecule has 1 rings (SSSR count). The maximum Gasteiger partial charge on any atom is 0.237 e. The van der Waals surface area contributed by atoms with Gasteiger partial charge >= 0.3 is 0 Å². The molecule has 21 heavy (non-hydrogen) atoms. The van der Waals surface area contributed by atoms with Crippen molar-refractivity contribution in [3.05, 3.63) is 35.4 Å². The molecular weight excluding hydrogens is 260 g/mol. The summed E-state index contributed by atoms with van der Waals surface area (Å²) in [7, 11) is 0. The number of nitrogens with two attached hydrogens (primary N) is 1. The van der Waals surface area contributed by atoms with E-state index in [1.807, 2.05) is 6.92 Å². The predicted octanol–water partition coefficient (Wildman–Crippen LogP) is 3.20. The summed E-state index contributed by atoms with van der Waals surface area (Å²) in [5, 5.41) is 2.93. The molecule has 1 aromatic rings. The standard InChI is InChI=1S/C18H30N2O/c1-4-6-7-15-8-10-16(11-9-15)12-13-17(19)18(21)20-14(3)5-2/h8-11,14,17H,4-7,12-13,19H2,1-3H3,(H,20,21). The Morgan fingerprint density at radius 2 is 1.71 bits per heavy atom. The zero-order valence-corrected chi connectivity index (χ0v) is 13.7. The number of benzene rings is 1. The van der Waals surface area contributed by atoms with Gasteiger partial charge in [-0.3, -0.25) is 4.79 Å². The van der Waals surface area contributed by atoms with Crippen molar-refractivity contribution in [3.63, 3.8) is 0 Å². The first-order valence-corrected chi connectivity index (χ1v) is 8.20. The van der Waals surface area contributed by atoms with E-state index >= 15 is 0 Å². The van der Waals surface area contributed by atoms with Crippen LogP contribution < -0.4 is 11.1 Å². The molecule has 0 aromatic heterocycles. The summed E-state index contributed by atoms with van der Waals surface area (Å²) < 4.78 is 0. The second-order valence-corrected chi connectivity index (χ2v) is 5.88. The quantitative estimate of drug-likeness (QED) is 0.734. The van der Waals surface area contributed by atoms with Gasteiger partial charge in [-0.2, -0.15) is 0 Å². The lowest BCUT2D eigenvalue weighted by Gasteiger charge is -2.16. The van der Waals surface area contributed by atoms with E-state index in [0.717, 1.165) is 19.3 Å². The zero-order valence-electron chi connectivity index (χ0n) is 13.7. The highest BCUT2D eigenvalue weighted by Crippen LogP contribution is 2.10. The smallest absolute Gasteiger partial charge is 0.237 e. The molecule has 118 valence electrons. The second-order valence-electron chi connectivity index (χ2n) is 5.88. The van der Waals surface area contributed by atoms with Crippen molar-refractivity contribution in [1.29, 1.82) is 0 Å². The number of hydrogen-bond acceptors (Lipinski definition) is 2. The highest BCUT2D eigenvalue weighted by molar-refractivity contribution is 5.81. The molecule has 3 heteroatoms. The minimum Gasteiger partial charge on any atom is -0.352 e. The van der Waals surface area contributed by atoms with Gasteiger partial charge in [0.25, 0.3) is 0 Å². The molecule has 2 atom stereocenters. The van der Waals surface area contributed by atoms with Gasteiger partial charge in [-0.05, 0) is 50.2 Å². The predicted molar refractivity (Wildman–Crippen MR) is 89.2 cm³/mol. The molecule has 2 unspecified atom stereocenters. The highest BCUT2D eigenvalue weighted by Gasteiger charge is 2.14. The molecule has 0 fully saturated rings. The first-order valence-electron chi connectivity index (χ1n) is 8.20. The lowest BCUT2D eigenvalue weighted by molar-refractivity contribution is -0.123. The van der Waals surface area contributed by atoms with E-state index in [1.165, 1.54) is 24.0 Å². The van der Waals surface area contributed by atoms with E-state index in [-0.39, 0.29) is 11.9 Å². The number of nitrogens with one attached hydrogen (secondary N) is 1.